The van der Waals surface area contributed by atoms with Crippen LogP contribution in [0.4, 0.5) is 27.9 Å². The summed E-state index contributed by atoms with van der Waals surface area (Å²) in [7, 11) is 0. The summed E-state index contributed by atoms with van der Waals surface area (Å²) in [6.45, 7) is 0.0597. The van der Waals surface area contributed by atoms with Crippen LogP contribution in [0.3, 0.4) is 0 Å². The largest absolute Gasteiger partial charge is 0.433 e. The Morgan fingerprint density at radius 1 is 1.15 bits per heavy atom. The first-order valence-corrected chi connectivity index (χ1v) is 9.49. The minimum atomic E-state index is -4.61. The Kier molecular flexibility index (Phi) is 4.76. The number of hydrogen-bond donors (Lipinski definition) is 1. The molecule has 0 radical (unpaired) electrons. The van der Waals surface area contributed by atoms with Gasteiger partial charge in [0.05, 0.1) is 0 Å². The second kappa shape index (κ2) is 6.83. The summed E-state index contributed by atoms with van der Waals surface area (Å²) in [5.74, 6) is -1.57. The van der Waals surface area contributed by atoms with Gasteiger partial charge in [-0.2, -0.15) is 13.2 Å². The van der Waals surface area contributed by atoms with E-state index in [1.165, 1.54) is 12.6 Å². The maximum atomic E-state index is 13.5. The van der Waals surface area contributed by atoms with Crippen molar-refractivity contribution in [3.05, 3.63) is 17.5 Å². The van der Waals surface area contributed by atoms with Crippen LogP contribution in [0.25, 0.3) is 0 Å². The number of nitrogens with zero attached hydrogens (tertiary/aromatic N) is 3. The number of anilines is 1. The van der Waals surface area contributed by atoms with Gasteiger partial charge in [-0.15, -0.1) is 0 Å². The molecule has 2 heterocycles. The van der Waals surface area contributed by atoms with Crippen molar-refractivity contribution in [2.24, 2.45) is 11.8 Å². The molecular formula is C18H23F5N4. The van der Waals surface area contributed by atoms with Crippen LogP contribution < -0.4 is 5.32 Å². The molecule has 1 aromatic heterocycles. The van der Waals surface area contributed by atoms with E-state index in [0.717, 1.165) is 19.3 Å². The molecule has 2 aliphatic carbocycles. The fourth-order valence-electron chi connectivity index (χ4n) is 4.70. The zero-order valence-corrected chi connectivity index (χ0v) is 14.9. The summed E-state index contributed by atoms with van der Waals surface area (Å²) in [5.41, 5.74) is -1.04. The van der Waals surface area contributed by atoms with Crippen LogP contribution in [0.1, 0.15) is 49.8 Å². The van der Waals surface area contributed by atoms with Crippen LogP contribution in [0.15, 0.2) is 6.20 Å². The molecule has 1 aliphatic heterocycles. The van der Waals surface area contributed by atoms with Gasteiger partial charge in [0.2, 0.25) is 5.95 Å². The molecule has 27 heavy (non-hydrogen) atoms. The first kappa shape index (κ1) is 18.8. The van der Waals surface area contributed by atoms with Crippen molar-refractivity contribution in [1.82, 2.24) is 14.9 Å². The Balaban J connectivity index is 1.48. The van der Waals surface area contributed by atoms with Gasteiger partial charge in [0.1, 0.15) is 0 Å². The van der Waals surface area contributed by atoms with Crippen molar-refractivity contribution < 1.29 is 22.0 Å². The van der Waals surface area contributed by atoms with Gasteiger partial charge in [-0.25, -0.2) is 18.7 Å². The third-order valence-electron chi connectivity index (χ3n) is 6.17. The summed E-state index contributed by atoms with van der Waals surface area (Å²) in [6, 6.07) is 0.139. The van der Waals surface area contributed by atoms with Crippen LogP contribution >= 0.6 is 0 Å². The summed E-state index contributed by atoms with van der Waals surface area (Å²) >= 11 is 0. The molecule has 4 rings (SSSR count). The van der Waals surface area contributed by atoms with Crippen LogP contribution in [-0.4, -0.2) is 39.9 Å². The van der Waals surface area contributed by atoms with E-state index >= 15 is 0 Å². The van der Waals surface area contributed by atoms with Gasteiger partial charge in [-0.1, -0.05) is 6.42 Å². The number of aromatic nitrogens is 2. The number of alkyl halides is 5. The third-order valence-corrected chi connectivity index (χ3v) is 6.17. The molecule has 1 aromatic rings. The maximum absolute atomic E-state index is 13.5. The Morgan fingerprint density at radius 2 is 1.89 bits per heavy atom. The lowest BCUT2D eigenvalue weighted by molar-refractivity contribution is -0.142. The zero-order valence-electron chi connectivity index (χ0n) is 14.9. The molecule has 3 fully saturated rings. The van der Waals surface area contributed by atoms with Gasteiger partial charge < -0.3 is 5.32 Å². The van der Waals surface area contributed by atoms with Gasteiger partial charge in [0.15, 0.2) is 5.69 Å². The lowest BCUT2D eigenvalue weighted by Gasteiger charge is -2.32. The molecular weight excluding hydrogens is 367 g/mol. The lowest BCUT2D eigenvalue weighted by atomic mass is 9.95. The van der Waals surface area contributed by atoms with Gasteiger partial charge in [-0.3, -0.25) is 4.90 Å². The molecule has 1 N–H and O–H groups in total. The maximum Gasteiger partial charge on any atom is 0.433 e. The SMILES string of the molecule is FC1(F)CCN(Cc2cnc(N[C@@H]3C[C@@H]4CC[C@H]3C4)nc2C(F)(F)F)CC1. The second-order valence-electron chi connectivity index (χ2n) is 8.12. The molecule has 1 saturated heterocycles. The Bertz CT molecular complexity index is 683. The smallest absolute Gasteiger partial charge is 0.351 e. The molecule has 0 spiro atoms. The zero-order chi connectivity index (χ0) is 19.2. The number of nitrogens with one attached hydrogen (secondary N) is 1. The Hall–Kier alpha value is -1.51. The van der Waals surface area contributed by atoms with Gasteiger partial charge >= 0.3 is 6.18 Å². The molecule has 0 unspecified atom stereocenters. The van der Waals surface area contributed by atoms with Crippen molar-refractivity contribution in [1.29, 1.82) is 0 Å². The van der Waals surface area contributed by atoms with E-state index in [-0.39, 0.29) is 50.0 Å². The van der Waals surface area contributed by atoms with E-state index in [1.807, 2.05) is 0 Å². The highest BCUT2D eigenvalue weighted by atomic mass is 19.4. The topological polar surface area (TPSA) is 41.1 Å². The first-order valence-electron chi connectivity index (χ1n) is 9.49. The monoisotopic (exact) mass is 390 g/mol. The van der Waals surface area contributed by atoms with Gasteiger partial charge in [0.25, 0.3) is 5.92 Å². The van der Waals surface area contributed by atoms with Crippen molar-refractivity contribution in [3.8, 4) is 0 Å². The highest BCUT2D eigenvalue weighted by Gasteiger charge is 2.41. The lowest BCUT2D eigenvalue weighted by Crippen LogP contribution is -2.39. The normalized spacial score (nSPS) is 30.6. The average Bonchev–Trinajstić information content (AvgIpc) is 3.20. The van der Waals surface area contributed by atoms with Gasteiger partial charge in [0, 0.05) is 50.3 Å². The number of rotatable bonds is 4. The molecule has 9 heteroatoms. The van der Waals surface area contributed by atoms with Crippen LogP contribution in [0.2, 0.25) is 0 Å². The number of likely N-dealkylation sites (tertiary alicyclic amines) is 1. The van der Waals surface area contributed by atoms with Crippen LogP contribution in [0.5, 0.6) is 0 Å². The Labute approximate surface area is 154 Å². The highest BCUT2D eigenvalue weighted by Crippen LogP contribution is 2.45. The number of fused-ring (bicyclic) bond motifs is 2. The van der Waals surface area contributed by atoms with Crippen molar-refractivity contribution in [3.63, 3.8) is 0 Å². The number of piperidine rings is 1. The molecule has 0 aromatic carbocycles. The van der Waals surface area contributed by atoms with E-state index in [1.54, 1.807) is 4.90 Å². The Morgan fingerprint density at radius 3 is 2.48 bits per heavy atom. The highest BCUT2D eigenvalue weighted by molar-refractivity contribution is 5.33. The predicted molar refractivity (Wildman–Crippen MR) is 89.4 cm³/mol. The fourth-order valence-corrected chi connectivity index (χ4v) is 4.70. The second-order valence-corrected chi connectivity index (χ2v) is 8.12. The summed E-state index contributed by atoms with van der Waals surface area (Å²) < 4.78 is 67.0. The quantitative estimate of drug-likeness (QED) is 0.777. The van der Waals surface area contributed by atoms with E-state index in [9.17, 15) is 22.0 Å². The van der Waals surface area contributed by atoms with Crippen LogP contribution in [-0.2, 0) is 12.7 Å². The van der Waals surface area contributed by atoms with Crippen molar-refractivity contribution in [2.75, 3.05) is 18.4 Å². The third kappa shape index (κ3) is 4.17. The summed E-state index contributed by atoms with van der Waals surface area (Å²) in [4.78, 5) is 9.47. The van der Waals surface area contributed by atoms with E-state index < -0.39 is 17.8 Å². The molecule has 2 bridgehead atoms. The molecule has 0 amide bonds. The standard InChI is InChI=1S/C18H23F5N4/c19-17(20)3-5-27(6-4-17)10-13-9-24-16(26-15(13)18(21,22)23)25-14-8-11-1-2-12(14)7-11/h9,11-12,14H,1-8,10H2,(H,24,25,26)/t11-,12+,14-/m1/s1. The molecule has 150 valence electrons. The number of halogens is 5. The fraction of sp³-hybridized carbons (Fsp3) is 0.778. The molecule has 3 aliphatic rings. The summed E-state index contributed by atoms with van der Waals surface area (Å²) in [5, 5.41) is 3.09. The van der Waals surface area contributed by atoms with Crippen molar-refractivity contribution in [2.45, 2.75) is 63.2 Å². The van der Waals surface area contributed by atoms with Crippen LogP contribution in [0, 0.1) is 11.8 Å². The van der Waals surface area contributed by atoms with E-state index in [0.29, 0.717) is 11.8 Å². The minimum absolute atomic E-state index is 0.00815. The van der Waals surface area contributed by atoms with E-state index in [4.69, 9.17) is 0 Å². The molecule has 3 atom stereocenters. The van der Waals surface area contributed by atoms with E-state index in [2.05, 4.69) is 15.3 Å². The summed E-state index contributed by atoms with van der Waals surface area (Å²) in [6.07, 6.45) is 0.303. The van der Waals surface area contributed by atoms with Gasteiger partial charge in [-0.05, 0) is 31.1 Å². The molecule has 2 saturated carbocycles. The molecule has 4 nitrogen and oxygen atoms in total. The minimum Gasteiger partial charge on any atom is -0.351 e. The van der Waals surface area contributed by atoms with Crippen molar-refractivity contribution >= 4 is 5.95 Å². The average molecular weight is 390 g/mol. The number of hydrogen-bond acceptors (Lipinski definition) is 4. The first-order chi connectivity index (χ1) is 12.7. The predicted octanol–water partition coefficient (Wildman–Crippen LogP) is 4.33.